The molecule has 1 heterocycles. The van der Waals surface area contributed by atoms with Gasteiger partial charge in [0.25, 0.3) is 0 Å². The molecule has 0 aromatic heterocycles. The van der Waals surface area contributed by atoms with Crippen LogP contribution in [0.15, 0.2) is 30.9 Å². The van der Waals surface area contributed by atoms with Crippen molar-refractivity contribution in [2.75, 3.05) is 13.1 Å². The lowest BCUT2D eigenvalue weighted by Crippen LogP contribution is -2.57. The summed E-state index contributed by atoms with van der Waals surface area (Å²) < 4.78 is 0. The van der Waals surface area contributed by atoms with E-state index < -0.39 is 0 Å². The SMILES string of the molecule is C=CCN1CCC2(C)c3cc(O)ccc3C[C@@H]1[C@@H]2C. The highest BCUT2D eigenvalue weighted by atomic mass is 16.3. The van der Waals surface area contributed by atoms with Crippen LogP contribution in [0.3, 0.4) is 0 Å². The van der Waals surface area contributed by atoms with E-state index in [1.54, 1.807) is 0 Å². The van der Waals surface area contributed by atoms with Crippen molar-refractivity contribution in [3.63, 3.8) is 0 Å². The molecule has 1 aromatic carbocycles. The lowest BCUT2D eigenvalue weighted by atomic mass is 9.59. The summed E-state index contributed by atoms with van der Waals surface area (Å²) in [5.74, 6) is 1.02. The molecule has 1 N–H and O–H groups in total. The summed E-state index contributed by atoms with van der Waals surface area (Å²) in [6.07, 6.45) is 4.27. The summed E-state index contributed by atoms with van der Waals surface area (Å²) in [6.45, 7) is 10.7. The highest BCUT2D eigenvalue weighted by Gasteiger charge is 2.48. The summed E-state index contributed by atoms with van der Waals surface area (Å²) >= 11 is 0. The van der Waals surface area contributed by atoms with Gasteiger partial charge in [-0.25, -0.2) is 0 Å². The van der Waals surface area contributed by atoms with Gasteiger partial charge in [0.2, 0.25) is 0 Å². The van der Waals surface area contributed by atoms with Crippen LogP contribution >= 0.6 is 0 Å². The van der Waals surface area contributed by atoms with E-state index in [4.69, 9.17) is 0 Å². The first-order valence-electron chi connectivity index (χ1n) is 7.23. The van der Waals surface area contributed by atoms with E-state index in [1.165, 1.54) is 11.1 Å². The fraction of sp³-hybridized carbons (Fsp3) is 0.529. The number of nitrogens with zero attached hydrogens (tertiary/aromatic N) is 1. The van der Waals surface area contributed by atoms with Gasteiger partial charge in [-0.1, -0.05) is 26.0 Å². The van der Waals surface area contributed by atoms with Crippen molar-refractivity contribution in [1.82, 2.24) is 4.90 Å². The number of phenolic OH excluding ortho intramolecular Hbond substituents is 1. The molecule has 2 heteroatoms. The number of likely N-dealkylation sites (tertiary alicyclic amines) is 1. The molecule has 1 saturated heterocycles. The number of piperidine rings is 1. The lowest BCUT2D eigenvalue weighted by Gasteiger charge is -2.54. The number of hydrogen-bond acceptors (Lipinski definition) is 2. The molecule has 3 atom stereocenters. The van der Waals surface area contributed by atoms with Crippen LogP contribution in [0.1, 0.15) is 31.4 Å². The van der Waals surface area contributed by atoms with Crippen LogP contribution < -0.4 is 0 Å². The van der Waals surface area contributed by atoms with Crippen molar-refractivity contribution >= 4 is 0 Å². The molecule has 1 aromatic rings. The highest BCUT2D eigenvalue weighted by molar-refractivity contribution is 5.44. The summed E-state index contributed by atoms with van der Waals surface area (Å²) in [6, 6.07) is 6.53. The maximum Gasteiger partial charge on any atom is 0.115 e. The van der Waals surface area contributed by atoms with Crippen molar-refractivity contribution in [3.05, 3.63) is 42.0 Å². The second kappa shape index (κ2) is 4.38. The Labute approximate surface area is 115 Å². The van der Waals surface area contributed by atoms with Crippen LogP contribution in [0.2, 0.25) is 0 Å². The van der Waals surface area contributed by atoms with E-state index in [0.29, 0.717) is 17.7 Å². The maximum atomic E-state index is 9.80. The zero-order valence-corrected chi connectivity index (χ0v) is 11.9. The number of phenols is 1. The molecule has 1 aliphatic heterocycles. The largest absolute Gasteiger partial charge is 0.508 e. The van der Waals surface area contributed by atoms with Crippen LogP contribution in [0.4, 0.5) is 0 Å². The Kier molecular flexibility index (Phi) is 2.94. The molecule has 2 aliphatic rings. The molecule has 0 amide bonds. The minimum Gasteiger partial charge on any atom is -0.508 e. The van der Waals surface area contributed by atoms with Crippen LogP contribution in [0.5, 0.6) is 5.75 Å². The molecule has 0 radical (unpaired) electrons. The molecule has 19 heavy (non-hydrogen) atoms. The lowest BCUT2D eigenvalue weighted by molar-refractivity contribution is 0.0398. The summed E-state index contributed by atoms with van der Waals surface area (Å²) in [5, 5.41) is 9.80. The minimum absolute atomic E-state index is 0.203. The monoisotopic (exact) mass is 257 g/mol. The minimum atomic E-state index is 0.203. The number of hydrogen-bond donors (Lipinski definition) is 1. The van der Waals surface area contributed by atoms with Crippen LogP contribution in [0.25, 0.3) is 0 Å². The number of benzene rings is 1. The van der Waals surface area contributed by atoms with Gasteiger partial charge in [0.15, 0.2) is 0 Å². The van der Waals surface area contributed by atoms with Crippen LogP contribution in [-0.2, 0) is 11.8 Å². The second-order valence-corrected chi connectivity index (χ2v) is 6.35. The fourth-order valence-electron chi connectivity index (χ4n) is 4.09. The second-order valence-electron chi connectivity index (χ2n) is 6.35. The Hall–Kier alpha value is -1.28. The van der Waals surface area contributed by atoms with Gasteiger partial charge in [-0.15, -0.1) is 6.58 Å². The first-order chi connectivity index (χ1) is 9.06. The van der Waals surface area contributed by atoms with Gasteiger partial charge in [-0.2, -0.15) is 0 Å². The average Bonchev–Trinajstić information content (AvgIpc) is 2.38. The van der Waals surface area contributed by atoms with E-state index >= 15 is 0 Å². The molecule has 3 rings (SSSR count). The Morgan fingerprint density at radius 2 is 2.32 bits per heavy atom. The normalized spacial score (nSPS) is 33.8. The zero-order valence-electron chi connectivity index (χ0n) is 11.9. The van der Waals surface area contributed by atoms with E-state index in [-0.39, 0.29) is 5.41 Å². The zero-order chi connectivity index (χ0) is 13.6. The van der Waals surface area contributed by atoms with Gasteiger partial charge in [-0.05, 0) is 54.0 Å². The average molecular weight is 257 g/mol. The molecular weight excluding hydrogens is 234 g/mol. The van der Waals surface area contributed by atoms with Gasteiger partial charge in [0, 0.05) is 12.6 Å². The third-order valence-electron chi connectivity index (χ3n) is 5.47. The van der Waals surface area contributed by atoms with Crippen molar-refractivity contribution in [2.24, 2.45) is 5.92 Å². The van der Waals surface area contributed by atoms with Gasteiger partial charge in [-0.3, -0.25) is 4.90 Å². The first-order valence-corrected chi connectivity index (χ1v) is 7.23. The molecule has 2 nitrogen and oxygen atoms in total. The Morgan fingerprint density at radius 3 is 3.05 bits per heavy atom. The van der Waals surface area contributed by atoms with Crippen molar-refractivity contribution < 1.29 is 5.11 Å². The number of rotatable bonds is 2. The van der Waals surface area contributed by atoms with E-state index in [9.17, 15) is 5.11 Å². The van der Waals surface area contributed by atoms with Gasteiger partial charge in [0.1, 0.15) is 5.75 Å². The maximum absolute atomic E-state index is 9.80. The van der Waals surface area contributed by atoms with Gasteiger partial charge < -0.3 is 5.11 Å². The quantitative estimate of drug-likeness (QED) is 0.823. The molecule has 102 valence electrons. The molecule has 0 spiro atoms. The van der Waals surface area contributed by atoms with Gasteiger partial charge >= 0.3 is 0 Å². The predicted molar refractivity (Wildman–Crippen MR) is 78.5 cm³/mol. The fourth-order valence-corrected chi connectivity index (χ4v) is 4.09. The van der Waals surface area contributed by atoms with Crippen molar-refractivity contribution in [3.8, 4) is 5.75 Å². The Morgan fingerprint density at radius 1 is 1.53 bits per heavy atom. The van der Waals surface area contributed by atoms with E-state index in [0.717, 1.165) is 25.9 Å². The van der Waals surface area contributed by atoms with E-state index in [2.05, 4.69) is 31.4 Å². The summed E-state index contributed by atoms with van der Waals surface area (Å²) in [5.41, 5.74) is 2.99. The molecule has 1 unspecified atom stereocenters. The summed E-state index contributed by atoms with van der Waals surface area (Å²) in [4.78, 5) is 2.56. The van der Waals surface area contributed by atoms with Crippen molar-refractivity contribution in [2.45, 2.75) is 38.1 Å². The number of aromatic hydroxyl groups is 1. The van der Waals surface area contributed by atoms with Crippen molar-refractivity contribution in [1.29, 1.82) is 0 Å². The van der Waals surface area contributed by atoms with E-state index in [1.807, 2.05) is 18.2 Å². The van der Waals surface area contributed by atoms with Crippen LogP contribution in [0, 0.1) is 5.92 Å². The topological polar surface area (TPSA) is 23.5 Å². The Balaban J connectivity index is 2.06. The van der Waals surface area contributed by atoms with Gasteiger partial charge in [0.05, 0.1) is 0 Å². The molecule has 2 bridgehead atoms. The standard InChI is InChI=1S/C17H23NO/c1-4-8-18-9-7-17(3)12(2)16(18)10-13-5-6-14(19)11-15(13)17/h4-6,11-12,16,19H,1,7-10H2,2-3H3/t12-,16+,17?/m0/s1. The molecule has 0 saturated carbocycles. The summed E-state index contributed by atoms with van der Waals surface area (Å²) in [7, 11) is 0. The predicted octanol–water partition coefficient (Wildman–Crippen LogP) is 3.10. The molecule has 1 fully saturated rings. The highest BCUT2D eigenvalue weighted by Crippen LogP contribution is 2.49. The van der Waals surface area contributed by atoms with Crippen LogP contribution in [-0.4, -0.2) is 29.1 Å². The Bertz CT molecular complexity index is 510. The molecule has 1 aliphatic carbocycles. The first kappa shape index (κ1) is 12.7. The smallest absolute Gasteiger partial charge is 0.115 e. The third kappa shape index (κ3) is 1.81. The molecular formula is C17H23NO. The number of fused-ring (bicyclic) bond motifs is 4. The third-order valence-corrected chi connectivity index (χ3v) is 5.47.